The fraction of sp³-hybridized carbons (Fsp3) is 0.889. The predicted octanol–water partition coefficient (Wildman–Crippen LogP) is 2.93. The minimum Gasteiger partial charge on any atom is -0.451 e. The molecule has 0 aliphatic rings. The highest BCUT2D eigenvalue weighted by Crippen LogP contribution is 2.17. The summed E-state index contributed by atoms with van der Waals surface area (Å²) in [7, 11) is 2.03. The number of carbonyl (C=O) groups is 1. The molecule has 0 fully saturated rings. The van der Waals surface area contributed by atoms with Gasteiger partial charge in [-0.15, -0.1) is 0 Å². The summed E-state index contributed by atoms with van der Waals surface area (Å²) in [5, 5.41) is 0. The molecular formula is C9H19O2P. The Morgan fingerprint density at radius 1 is 1.33 bits per heavy atom. The Hall–Kier alpha value is -0.100. The molecule has 0 aromatic carbocycles. The molecular weight excluding hydrogens is 171 g/mol. The van der Waals surface area contributed by atoms with Gasteiger partial charge in [0.25, 0.3) is 0 Å². The summed E-state index contributed by atoms with van der Waals surface area (Å²) < 4.78 is 4.64. The molecule has 2 unspecified atom stereocenters. The summed E-state index contributed by atoms with van der Waals surface area (Å²) in [6.45, 7) is 4.23. The van der Waals surface area contributed by atoms with Crippen molar-refractivity contribution in [1.29, 1.82) is 0 Å². The zero-order chi connectivity index (χ0) is 9.40. The second-order valence-corrected chi connectivity index (χ2v) is 3.30. The van der Waals surface area contributed by atoms with E-state index in [0.717, 1.165) is 32.1 Å². The van der Waals surface area contributed by atoms with E-state index in [2.05, 4.69) is 18.4 Å². The van der Waals surface area contributed by atoms with Crippen LogP contribution in [0.25, 0.3) is 0 Å². The van der Waals surface area contributed by atoms with E-state index in [4.69, 9.17) is 0 Å². The molecule has 0 aliphatic heterocycles. The van der Waals surface area contributed by atoms with Gasteiger partial charge in [-0.25, -0.2) is 0 Å². The molecule has 0 aromatic heterocycles. The topological polar surface area (TPSA) is 26.3 Å². The number of rotatable bonds is 6. The molecule has 0 radical (unpaired) electrons. The highest BCUT2D eigenvalue weighted by atomic mass is 31.0. The Morgan fingerprint density at radius 3 is 2.42 bits per heavy atom. The molecule has 0 aliphatic carbocycles. The van der Waals surface area contributed by atoms with Crippen LogP contribution in [0.1, 0.15) is 46.0 Å². The lowest BCUT2D eigenvalue weighted by Crippen LogP contribution is -2.13. The third-order valence-electron chi connectivity index (χ3n) is 1.99. The third kappa shape index (κ3) is 4.71. The fourth-order valence-corrected chi connectivity index (χ4v) is 1.47. The van der Waals surface area contributed by atoms with Crippen molar-refractivity contribution in [3.63, 3.8) is 0 Å². The highest BCUT2D eigenvalue weighted by Gasteiger charge is 2.16. The molecule has 72 valence electrons. The van der Waals surface area contributed by atoms with Crippen molar-refractivity contribution in [2.75, 3.05) is 0 Å². The van der Waals surface area contributed by atoms with Crippen molar-refractivity contribution in [2.45, 2.75) is 46.0 Å². The monoisotopic (exact) mass is 190 g/mol. The van der Waals surface area contributed by atoms with E-state index in [9.17, 15) is 4.79 Å². The van der Waals surface area contributed by atoms with Gasteiger partial charge in [-0.05, 0) is 12.8 Å². The summed E-state index contributed by atoms with van der Waals surface area (Å²) in [4.78, 5) is 11.2. The number of hydrogen-bond acceptors (Lipinski definition) is 2. The Labute approximate surface area is 77.4 Å². The normalized spacial score (nSPS) is 12.6. The van der Waals surface area contributed by atoms with Gasteiger partial charge in [0.05, 0.1) is 15.4 Å². The first-order valence-electron chi connectivity index (χ1n) is 4.66. The van der Waals surface area contributed by atoms with Crippen LogP contribution in [0, 0.1) is 5.92 Å². The van der Waals surface area contributed by atoms with E-state index in [1.807, 2.05) is 9.47 Å². The van der Waals surface area contributed by atoms with E-state index >= 15 is 0 Å². The van der Waals surface area contributed by atoms with E-state index in [1.165, 1.54) is 0 Å². The van der Waals surface area contributed by atoms with E-state index < -0.39 is 0 Å². The van der Waals surface area contributed by atoms with Crippen molar-refractivity contribution in [3.8, 4) is 0 Å². The zero-order valence-corrected chi connectivity index (χ0v) is 9.16. The van der Waals surface area contributed by atoms with Gasteiger partial charge >= 0.3 is 5.97 Å². The van der Waals surface area contributed by atoms with Gasteiger partial charge < -0.3 is 4.52 Å². The minimum absolute atomic E-state index is 0.0738. The number of unbranched alkanes of at least 4 members (excludes halogenated alkanes) is 1. The average Bonchev–Trinajstić information content (AvgIpc) is 2.11. The maximum Gasteiger partial charge on any atom is 0.311 e. The van der Waals surface area contributed by atoms with Gasteiger partial charge in [-0.1, -0.05) is 33.1 Å². The average molecular weight is 190 g/mol. The first-order chi connectivity index (χ1) is 5.76. The molecule has 2 atom stereocenters. The summed E-state index contributed by atoms with van der Waals surface area (Å²) in [5.74, 6) is 0.0442. The zero-order valence-electron chi connectivity index (χ0n) is 8.01. The van der Waals surface area contributed by atoms with Crippen LogP contribution in [0.5, 0.6) is 0 Å². The summed E-state index contributed by atoms with van der Waals surface area (Å²) in [6.07, 6.45) is 5.23. The van der Waals surface area contributed by atoms with Crippen molar-refractivity contribution in [3.05, 3.63) is 0 Å². The predicted molar refractivity (Wildman–Crippen MR) is 53.7 cm³/mol. The second kappa shape index (κ2) is 7.54. The molecule has 0 rings (SSSR count). The lowest BCUT2D eigenvalue weighted by molar-refractivity contribution is -0.138. The minimum atomic E-state index is -0.0738. The Morgan fingerprint density at radius 2 is 2.00 bits per heavy atom. The SMILES string of the molecule is CCCCC(CCC)C(=O)OP. The molecule has 0 amide bonds. The largest absolute Gasteiger partial charge is 0.451 e. The third-order valence-corrected chi connectivity index (χ3v) is 2.23. The van der Waals surface area contributed by atoms with Gasteiger partial charge in [0.2, 0.25) is 0 Å². The molecule has 0 saturated heterocycles. The van der Waals surface area contributed by atoms with Gasteiger partial charge in [-0.3, -0.25) is 4.79 Å². The maximum atomic E-state index is 11.2. The summed E-state index contributed by atoms with van der Waals surface area (Å²) >= 11 is 0. The van der Waals surface area contributed by atoms with Crippen LogP contribution in [0.15, 0.2) is 0 Å². The van der Waals surface area contributed by atoms with Gasteiger partial charge in [-0.2, -0.15) is 0 Å². The molecule has 0 aromatic rings. The van der Waals surface area contributed by atoms with Crippen molar-refractivity contribution >= 4 is 15.4 Å². The Balaban J connectivity index is 3.76. The molecule has 3 heteroatoms. The first kappa shape index (κ1) is 11.9. The van der Waals surface area contributed by atoms with Crippen LogP contribution in [0.2, 0.25) is 0 Å². The molecule has 0 spiro atoms. The van der Waals surface area contributed by atoms with Crippen LogP contribution in [0.3, 0.4) is 0 Å². The van der Waals surface area contributed by atoms with Gasteiger partial charge in [0.1, 0.15) is 0 Å². The smallest absolute Gasteiger partial charge is 0.311 e. The Kier molecular flexibility index (Phi) is 7.48. The number of carbonyl (C=O) groups excluding carboxylic acids is 1. The van der Waals surface area contributed by atoms with Gasteiger partial charge in [0.15, 0.2) is 0 Å². The maximum absolute atomic E-state index is 11.2. The lowest BCUT2D eigenvalue weighted by atomic mass is 9.97. The Bertz CT molecular complexity index is 126. The van der Waals surface area contributed by atoms with Crippen LogP contribution in [0.4, 0.5) is 0 Å². The van der Waals surface area contributed by atoms with Crippen LogP contribution >= 0.6 is 9.47 Å². The molecule has 0 saturated carbocycles. The fourth-order valence-electron chi connectivity index (χ4n) is 1.28. The number of hydrogen-bond donors (Lipinski definition) is 0. The van der Waals surface area contributed by atoms with Crippen LogP contribution < -0.4 is 0 Å². The van der Waals surface area contributed by atoms with Gasteiger partial charge in [0, 0.05) is 0 Å². The van der Waals surface area contributed by atoms with Crippen LogP contribution in [-0.2, 0) is 9.32 Å². The standard InChI is InChI=1S/C9H19O2P/c1-3-5-7-8(6-4-2)9(10)11-12/h8H,3-7,12H2,1-2H3. The summed E-state index contributed by atoms with van der Waals surface area (Å²) in [6, 6.07) is 0. The van der Waals surface area contributed by atoms with E-state index in [0.29, 0.717) is 0 Å². The second-order valence-electron chi connectivity index (χ2n) is 3.06. The van der Waals surface area contributed by atoms with Crippen LogP contribution in [-0.4, -0.2) is 5.97 Å². The lowest BCUT2D eigenvalue weighted by Gasteiger charge is -2.12. The van der Waals surface area contributed by atoms with Crippen molar-refractivity contribution in [2.24, 2.45) is 5.92 Å². The molecule has 2 nitrogen and oxygen atoms in total. The van der Waals surface area contributed by atoms with E-state index in [-0.39, 0.29) is 11.9 Å². The van der Waals surface area contributed by atoms with Crippen molar-refractivity contribution < 1.29 is 9.32 Å². The summed E-state index contributed by atoms with van der Waals surface area (Å²) in [5.41, 5.74) is 0. The molecule has 0 heterocycles. The molecule has 0 bridgehead atoms. The van der Waals surface area contributed by atoms with Crippen molar-refractivity contribution in [1.82, 2.24) is 0 Å². The quantitative estimate of drug-likeness (QED) is 0.602. The first-order valence-corrected chi connectivity index (χ1v) is 5.13. The molecule has 12 heavy (non-hydrogen) atoms. The highest BCUT2D eigenvalue weighted by molar-refractivity contribution is 7.10. The van der Waals surface area contributed by atoms with E-state index in [1.54, 1.807) is 0 Å². The molecule has 0 N–H and O–H groups in total.